The molecular formula is C14H15ClF3NO6PS. The molecule has 7 nitrogen and oxygen atoms in total. The second-order valence-electron chi connectivity index (χ2n) is 4.73. The van der Waals surface area contributed by atoms with Crippen molar-refractivity contribution in [1.29, 1.82) is 0 Å². The van der Waals surface area contributed by atoms with Crippen molar-refractivity contribution in [2.75, 3.05) is 13.2 Å². The van der Waals surface area contributed by atoms with Crippen molar-refractivity contribution in [2.24, 2.45) is 0 Å². The molecule has 2 aromatic rings. The van der Waals surface area contributed by atoms with Gasteiger partial charge in [0.15, 0.2) is 0 Å². The predicted octanol–water partition coefficient (Wildman–Crippen LogP) is 3.72. The van der Waals surface area contributed by atoms with Crippen LogP contribution in [0.15, 0.2) is 27.9 Å². The predicted molar refractivity (Wildman–Crippen MR) is 93.7 cm³/mol. The van der Waals surface area contributed by atoms with Crippen LogP contribution in [0.5, 0.6) is 0 Å². The number of pyridine rings is 1. The topological polar surface area (TPSA) is 103 Å². The van der Waals surface area contributed by atoms with E-state index in [-0.39, 0.29) is 10.9 Å². The fraction of sp³-hybridized carbons (Fsp3) is 0.357. The largest absolute Gasteiger partial charge is 0.417 e. The van der Waals surface area contributed by atoms with E-state index >= 15 is 0 Å². The standard InChI is InChI=1S/C10H4ClF3NO3S.C4H11O3P/c11-19(17,18)8-3-5-1-2-9(16)15-7(5)4-6(8)10(12,13)14;1-3-6-8(5)7-4-2/h1,3-4H,(H,15,16);8H,3-4H2,1-2H3. The number of H-pyrrole nitrogens is 1. The van der Waals surface area contributed by atoms with Crippen molar-refractivity contribution in [3.05, 3.63) is 40.2 Å². The molecule has 1 heterocycles. The van der Waals surface area contributed by atoms with Gasteiger partial charge in [0.25, 0.3) is 14.6 Å². The van der Waals surface area contributed by atoms with Crippen LogP contribution < -0.4 is 5.56 Å². The molecule has 0 fully saturated rings. The SMILES string of the molecule is CCO[PH](=O)OCC.O=c1[c]cc2cc(S(=O)(=O)Cl)c(C(F)(F)F)cc2[nH]1. The molecular weight excluding hydrogens is 434 g/mol. The third-order valence-electron chi connectivity index (χ3n) is 2.85. The van der Waals surface area contributed by atoms with Gasteiger partial charge < -0.3 is 14.0 Å². The fourth-order valence-electron chi connectivity index (χ4n) is 1.83. The van der Waals surface area contributed by atoms with Crippen molar-refractivity contribution < 1.29 is 35.2 Å². The lowest BCUT2D eigenvalue weighted by Crippen LogP contribution is -2.12. The first-order chi connectivity index (χ1) is 12.4. The molecule has 0 aliphatic rings. The lowest BCUT2D eigenvalue weighted by Gasteiger charge is -2.11. The number of halogens is 4. The summed E-state index contributed by atoms with van der Waals surface area (Å²) in [5, 5.41) is 0.0758. The highest BCUT2D eigenvalue weighted by atomic mass is 35.7. The second-order valence-corrected chi connectivity index (χ2v) is 8.34. The summed E-state index contributed by atoms with van der Waals surface area (Å²) in [6.07, 6.45) is -4.91. The molecule has 1 radical (unpaired) electrons. The molecule has 13 heteroatoms. The Bertz CT molecular complexity index is 969. The smallest absolute Gasteiger partial charge is 0.321 e. The van der Waals surface area contributed by atoms with E-state index in [1.165, 1.54) is 0 Å². The van der Waals surface area contributed by atoms with E-state index < -0.39 is 39.5 Å². The first kappa shape index (κ1) is 23.6. The van der Waals surface area contributed by atoms with Crippen LogP contribution in [-0.4, -0.2) is 26.6 Å². The highest BCUT2D eigenvalue weighted by Crippen LogP contribution is 2.37. The Morgan fingerprint density at radius 2 is 1.78 bits per heavy atom. The number of fused-ring (bicyclic) bond motifs is 1. The first-order valence-corrected chi connectivity index (χ1v) is 10.8. The molecule has 1 N–H and O–H groups in total. The molecule has 0 spiro atoms. The molecule has 0 aliphatic carbocycles. The van der Waals surface area contributed by atoms with Gasteiger partial charge in [-0.3, -0.25) is 9.36 Å². The van der Waals surface area contributed by atoms with Gasteiger partial charge in [0, 0.05) is 21.6 Å². The van der Waals surface area contributed by atoms with Gasteiger partial charge in [-0.25, -0.2) is 8.42 Å². The van der Waals surface area contributed by atoms with Crippen molar-refractivity contribution in [3.63, 3.8) is 0 Å². The van der Waals surface area contributed by atoms with E-state index in [2.05, 4.69) is 20.1 Å². The fourth-order valence-corrected chi connectivity index (χ4v) is 3.47. The van der Waals surface area contributed by atoms with Gasteiger partial charge in [-0.15, -0.1) is 0 Å². The molecule has 0 atom stereocenters. The average molecular weight is 449 g/mol. The van der Waals surface area contributed by atoms with Gasteiger partial charge in [0.1, 0.15) is 0 Å². The normalized spacial score (nSPS) is 12.1. The number of rotatable bonds is 5. The summed E-state index contributed by atoms with van der Waals surface area (Å²) in [6, 6.07) is 4.53. The number of alkyl halides is 3. The van der Waals surface area contributed by atoms with E-state index in [0.717, 1.165) is 12.1 Å². The molecule has 0 bridgehead atoms. The van der Waals surface area contributed by atoms with Crippen LogP contribution in [-0.2, 0) is 28.8 Å². The highest BCUT2D eigenvalue weighted by molar-refractivity contribution is 8.13. The minimum absolute atomic E-state index is 0.0758. The Morgan fingerprint density at radius 3 is 2.22 bits per heavy atom. The van der Waals surface area contributed by atoms with Gasteiger partial charge in [-0.2, -0.15) is 13.2 Å². The number of hydrogen-bond donors (Lipinski definition) is 1. The summed E-state index contributed by atoms with van der Waals surface area (Å²) in [6.45, 7) is 4.47. The summed E-state index contributed by atoms with van der Waals surface area (Å²) in [5.74, 6) is 0. The molecule has 1 aromatic heterocycles. The Labute approximate surface area is 157 Å². The zero-order chi connectivity index (χ0) is 20.8. The maximum Gasteiger partial charge on any atom is 0.417 e. The Balaban J connectivity index is 0.000000387. The number of hydrogen-bond acceptors (Lipinski definition) is 6. The quantitative estimate of drug-likeness (QED) is 0.552. The first-order valence-electron chi connectivity index (χ1n) is 7.30. The minimum atomic E-state index is -4.91. The number of aromatic nitrogens is 1. The van der Waals surface area contributed by atoms with Crippen LogP contribution in [0.25, 0.3) is 10.9 Å². The Morgan fingerprint density at radius 1 is 1.22 bits per heavy atom. The van der Waals surface area contributed by atoms with E-state index in [4.69, 9.17) is 10.7 Å². The monoisotopic (exact) mass is 448 g/mol. The molecule has 151 valence electrons. The van der Waals surface area contributed by atoms with Gasteiger partial charge in [0.05, 0.1) is 29.7 Å². The Kier molecular flexibility index (Phi) is 8.49. The molecule has 27 heavy (non-hydrogen) atoms. The highest BCUT2D eigenvalue weighted by Gasteiger charge is 2.37. The van der Waals surface area contributed by atoms with Crippen LogP contribution in [0.2, 0.25) is 0 Å². The lowest BCUT2D eigenvalue weighted by atomic mass is 10.1. The van der Waals surface area contributed by atoms with Crippen LogP contribution in [0.1, 0.15) is 19.4 Å². The molecule has 0 saturated heterocycles. The maximum atomic E-state index is 12.8. The van der Waals surface area contributed by atoms with Crippen LogP contribution in [0.4, 0.5) is 13.2 Å². The van der Waals surface area contributed by atoms with Crippen molar-refractivity contribution in [3.8, 4) is 0 Å². The Hall–Kier alpha value is -1.39. The van der Waals surface area contributed by atoms with E-state index in [0.29, 0.717) is 19.3 Å². The zero-order valence-electron chi connectivity index (χ0n) is 14.0. The van der Waals surface area contributed by atoms with Gasteiger partial charge in [0.2, 0.25) is 0 Å². The molecule has 0 aliphatic heterocycles. The second kappa shape index (κ2) is 9.70. The molecule has 0 amide bonds. The van der Waals surface area contributed by atoms with Crippen molar-refractivity contribution >= 4 is 38.9 Å². The summed E-state index contributed by atoms with van der Waals surface area (Å²) in [7, 11) is -1.72. The summed E-state index contributed by atoms with van der Waals surface area (Å²) in [5.41, 5.74) is -2.31. The van der Waals surface area contributed by atoms with E-state index in [1.54, 1.807) is 13.8 Å². The third-order valence-corrected chi connectivity index (χ3v) is 5.26. The van der Waals surface area contributed by atoms with E-state index in [9.17, 15) is 30.9 Å². The maximum absolute atomic E-state index is 12.8. The molecule has 1 aromatic carbocycles. The van der Waals surface area contributed by atoms with Crippen LogP contribution >= 0.6 is 18.9 Å². The molecule has 0 saturated carbocycles. The molecule has 0 unspecified atom stereocenters. The third kappa shape index (κ3) is 7.27. The van der Waals surface area contributed by atoms with Gasteiger partial charge >= 0.3 is 14.4 Å². The van der Waals surface area contributed by atoms with Crippen molar-refractivity contribution in [2.45, 2.75) is 24.9 Å². The number of nitrogens with one attached hydrogen (secondary N) is 1. The van der Waals surface area contributed by atoms with Crippen molar-refractivity contribution in [1.82, 2.24) is 4.98 Å². The average Bonchev–Trinajstić information content (AvgIpc) is 2.53. The van der Waals surface area contributed by atoms with Crippen LogP contribution in [0, 0.1) is 6.07 Å². The molecule has 2 rings (SSSR count). The summed E-state index contributed by atoms with van der Waals surface area (Å²) >= 11 is 0. The van der Waals surface area contributed by atoms with E-state index in [1.807, 2.05) is 0 Å². The number of aromatic amines is 1. The zero-order valence-corrected chi connectivity index (χ0v) is 16.6. The number of benzene rings is 1. The van der Waals surface area contributed by atoms with Gasteiger partial charge in [-0.05, 0) is 32.0 Å². The van der Waals surface area contributed by atoms with Crippen LogP contribution in [0.3, 0.4) is 0 Å². The summed E-state index contributed by atoms with van der Waals surface area (Å²) in [4.78, 5) is 12.1. The minimum Gasteiger partial charge on any atom is -0.321 e. The lowest BCUT2D eigenvalue weighted by molar-refractivity contribution is -0.139. The van der Waals surface area contributed by atoms with Gasteiger partial charge in [-0.1, -0.05) is 0 Å². The summed E-state index contributed by atoms with van der Waals surface area (Å²) < 4.78 is 80.3.